The second-order valence-corrected chi connectivity index (χ2v) is 17.7. The number of thioether (sulfide) groups is 1. The van der Waals surface area contributed by atoms with Crippen molar-refractivity contribution in [3.8, 4) is 40.9 Å². The second-order valence-electron chi connectivity index (χ2n) is 15.5. The molecule has 1 aromatic rings. The highest BCUT2D eigenvalue weighted by Crippen LogP contribution is 2.48. The summed E-state index contributed by atoms with van der Waals surface area (Å²) in [6, 6.07) is -0.990. The molecule has 6 rings (SSSR count). The maximum atomic E-state index is 14.0. The third-order valence-electron chi connectivity index (χ3n) is 11.3. The lowest BCUT2D eigenvalue weighted by Crippen LogP contribution is -2.63. The van der Waals surface area contributed by atoms with Crippen molar-refractivity contribution in [1.82, 2.24) is 5.48 Å². The van der Waals surface area contributed by atoms with Crippen LogP contribution < -0.4 is 19.7 Å². The minimum Gasteiger partial charge on any atom is -0.492 e. The van der Waals surface area contributed by atoms with Crippen LogP contribution in [-0.4, -0.2) is 125 Å². The molecule has 5 unspecified atom stereocenters. The molecule has 3 aliphatic heterocycles. The number of hydrogen-bond acceptors (Lipinski definition) is 16. The number of aliphatic hydroxyl groups is 4. The van der Waals surface area contributed by atoms with Gasteiger partial charge < -0.3 is 53.6 Å². The summed E-state index contributed by atoms with van der Waals surface area (Å²) in [7, 11) is 2.93. The topological polar surface area (TPSA) is 201 Å². The van der Waals surface area contributed by atoms with Crippen LogP contribution in [0, 0.1) is 34.2 Å². The van der Waals surface area contributed by atoms with Gasteiger partial charge in [0.25, 0.3) is 0 Å². The van der Waals surface area contributed by atoms with E-state index in [1.165, 1.54) is 26.4 Å². The molecule has 15 nitrogen and oxygen atoms in total. The lowest BCUT2D eigenvalue weighted by molar-refractivity contribution is -0.301. The fraction of sp³-hybridized carbons (Fsp3) is 0.591. The highest BCUT2D eigenvalue weighted by Gasteiger charge is 2.48. The van der Waals surface area contributed by atoms with E-state index in [0.717, 1.165) is 31.0 Å². The van der Waals surface area contributed by atoms with Gasteiger partial charge in [-0.25, -0.2) is 0 Å². The molecule has 5 N–H and O–H groups in total. The lowest BCUT2D eigenvalue weighted by atomic mass is 9.73. The summed E-state index contributed by atoms with van der Waals surface area (Å²) in [5, 5.41) is 44.5. The van der Waals surface area contributed by atoms with E-state index in [0.29, 0.717) is 44.6 Å². The van der Waals surface area contributed by atoms with Gasteiger partial charge in [-0.05, 0) is 98.4 Å². The van der Waals surface area contributed by atoms with Gasteiger partial charge >= 0.3 is 0 Å². The molecule has 2 bridgehead atoms. The molecule has 2 aliphatic carbocycles. The van der Waals surface area contributed by atoms with Crippen LogP contribution in [0.5, 0.6) is 17.2 Å². The summed E-state index contributed by atoms with van der Waals surface area (Å²) in [5.74, 6) is 12.0. The molecule has 0 aromatic heterocycles. The van der Waals surface area contributed by atoms with Crippen LogP contribution in [0.15, 0.2) is 34.9 Å². The van der Waals surface area contributed by atoms with Gasteiger partial charge in [-0.2, -0.15) is 5.48 Å². The molecule has 3 saturated heterocycles. The zero-order valence-corrected chi connectivity index (χ0v) is 38.2. The smallest absolute Gasteiger partial charge is 0.224 e. The molecule has 332 valence electrons. The highest BCUT2D eigenvalue weighted by molar-refractivity contribution is 14.1. The number of allylic oxidation sites excluding steroid dienone is 4. The largest absolute Gasteiger partial charge is 0.492 e. The number of hydroxylamine groups is 1. The number of benzene rings is 1. The lowest BCUT2D eigenvalue weighted by Gasteiger charge is -2.44. The Morgan fingerprint density at radius 1 is 1.03 bits per heavy atom. The van der Waals surface area contributed by atoms with E-state index in [9.17, 15) is 30.0 Å². The van der Waals surface area contributed by atoms with Gasteiger partial charge in [-0.1, -0.05) is 48.4 Å². The van der Waals surface area contributed by atoms with E-state index in [4.69, 9.17) is 38.0 Å². The summed E-state index contributed by atoms with van der Waals surface area (Å²) >= 11 is 3.04. The van der Waals surface area contributed by atoms with Gasteiger partial charge in [0.05, 0.1) is 66.0 Å². The number of nitrogens with one attached hydrogen (secondary N) is 1. The summed E-state index contributed by atoms with van der Waals surface area (Å²) < 4.78 is 42.5. The van der Waals surface area contributed by atoms with E-state index in [1.54, 1.807) is 33.8 Å². The van der Waals surface area contributed by atoms with Crippen LogP contribution in [0.25, 0.3) is 0 Å². The Bertz CT molecular complexity index is 2030. The number of hydrogen-bond donors (Lipinski definition) is 5. The molecular weight excluding hydrogens is 925 g/mol. The zero-order chi connectivity index (χ0) is 44.2. The Kier molecular flexibility index (Phi) is 16.1. The third kappa shape index (κ3) is 10.2. The standard InChI is InChI=1S/C44H54INO14S/c1-8-15-26-32-22(2)28(48)21-44(26,52)18-13-10-9-11-16-29(32)58-43-37(50)36(49)35(24(4)57-43)46-60-31-20-27(47)41(25(5)56-31)61-42(51)33-23(3)34(45)39(40(54-7)38(33)53-6)59-30-17-12-14-19-55-30/h9-10,15,24-25,27,29-31,35-37,41,43,46-47,49-50,52H,8,12,14,17,19-21H2,1-7H3/b10-9-,26-15+/t24?,25?,27-,29+,30?,31?,35-,36+,37+,41-,43?,44+/m1/s1. The number of aliphatic hydroxyl groups excluding tert-OH is 3. The number of carbonyl (C=O) groups is 2. The van der Waals surface area contributed by atoms with Crippen molar-refractivity contribution in [1.29, 1.82) is 0 Å². The predicted molar refractivity (Wildman–Crippen MR) is 231 cm³/mol. The molecule has 17 heteroatoms. The average molecular weight is 980 g/mol. The minimum absolute atomic E-state index is 0.0356. The predicted octanol–water partition coefficient (Wildman–Crippen LogP) is 3.94. The van der Waals surface area contributed by atoms with Crippen molar-refractivity contribution >= 4 is 45.3 Å². The van der Waals surface area contributed by atoms with E-state index < -0.39 is 72.4 Å². The maximum Gasteiger partial charge on any atom is 0.224 e. The fourth-order valence-electron chi connectivity index (χ4n) is 7.99. The zero-order valence-electron chi connectivity index (χ0n) is 35.2. The van der Waals surface area contributed by atoms with E-state index >= 15 is 0 Å². The molecule has 0 radical (unpaired) electrons. The molecule has 3 heterocycles. The van der Waals surface area contributed by atoms with Gasteiger partial charge in [-0.15, -0.1) is 0 Å². The summed E-state index contributed by atoms with van der Waals surface area (Å²) in [6.07, 6.45) is -2.01. The summed E-state index contributed by atoms with van der Waals surface area (Å²) in [5.41, 5.74) is 2.95. The van der Waals surface area contributed by atoms with Crippen molar-refractivity contribution in [2.24, 2.45) is 0 Å². The minimum atomic E-state index is -1.77. The van der Waals surface area contributed by atoms with Gasteiger partial charge in [0.15, 0.2) is 41.8 Å². The second kappa shape index (κ2) is 20.7. The maximum absolute atomic E-state index is 14.0. The van der Waals surface area contributed by atoms with Crippen LogP contribution >= 0.6 is 34.4 Å². The Balaban J connectivity index is 1.10. The van der Waals surface area contributed by atoms with Crippen LogP contribution in [0.2, 0.25) is 0 Å². The molecule has 0 amide bonds. The van der Waals surface area contributed by atoms with E-state index in [1.807, 2.05) is 6.92 Å². The number of fused-ring (bicyclic) bond motifs is 2. The highest BCUT2D eigenvalue weighted by atomic mass is 127. The third-order valence-corrected chi connectivity index (χ3v) is 14.0. The summed E-state index contributed by atoms with van der Waals surface area (Å²) in [4.78, 5) is 33.0. The monoisotopic (exact) mass is 979 g/mol. The first-order valence-corrected chi connectivity index (χ1v) is 22.3. The molecule has 5 aliphatic rings. The number of carbonyl (C=O) groups excluding carboxylic acids is 2. The van der Waals surface area contributed by atoms with Crippen molar-refractivity contribution in [2.75, 3.05) is 20.8 Å². The van der Waals surface area contributed by atoms with Crippen LogP contribution in [0.4, 0.5) is 0 Å². The van der Waals surface area contributed by atoms with Crippen molar-refractivity contribution in [2.45, 2.75) is 146 Å². The number of ether oxygens (including phenoxy) is 7. The van der Waals surface area contributed by atoms with Gasteiger partial charge in [0.2, 0.25) is 10.9 Å². The van der Waals surface area contributed by atoms with Gasteiger partial charge in [0.1, 0.15) is 18.3 Å². The van der Waals surface area contributed by atoms with E-state index in [2.05, 4.69) is 51.8 Å². The first kappa shape index (κ1) is 47.5. The fourth-order valence-corrected chi connectivity index (χ4v) is 9.76. The normalized spacial score (nSPS) is 35.0. The van der Waals surface area contributed by atoms with Crippen LogP contribution in [-0.2, 0) is 28.6 Å². The molecule has 3 fully saturated rings. The van der Waals surface area contributed by atoms with Crippen molar-refractivity contribution < 1.29 is 68.0 Å². The number of halogens is 1. The van der Waals surface area contributed by atoms with Crippen LogP contribution in [0.1, 0.15) is 82.1 Å². The Morgan fingerprint density at radius 2 is 1.77 bits per heavy atom. The molecule has 0 spiro atoms. The molecule has 1 aromatic carbocycles. The Labute approximate surface area is 373 Å². The molecule has 0 saturated carbocycles. The van der Waals surface area contributed by atoms with Crippen LogP contribution in [0.3, 0.4) is 0 Å². The quantitative estimate of drug-likeness (QED) is 0.115. The number of rotatable bonds is 12. The number of ketones is 1. The number of methoxy groups -OCH3 is 2. The first-order chi connectivity index (χ1) is 29.1. The average Bonchev–Trinajstić information content (AvgIpc) is 3.22. The first-order valence-electron chi connectivity index (χ1n) is 20.3. The molecular formula is C44H54INO14S. The SMILES string of the molecule is CC/C=C1\C2=C(C)C(=O)C[C@@]1(O)C#C/C=C\C#C[C@@H]2OC1OC(C)[C@@H](NOC2C[C@@H](O)[C@H](SC(=O)c3c(C)c(I)c(OC4CCCCO4)c(OC)c3OC)C(C)O2)[C@H](O)[C@@H]1O. The Hall–Kier alpha value is -3.02. The number of Topliss-reactive ketones (excluding diaryl/α,β-unsaturated/α-hetero) is 1. The Morgan fingerprint density at radius 3 is 2.44 bits per heavy atom. The molecule has 61 heavy (non-hydrogen) atoms. The summed E-state index contributed by atoms with van der Waals surface area (Å²) in [6.45, 7) is 9.27. The van der Waals surface area contributed by atoms with Crippen molar-refractivity contribution in [3.05, 3.63) is 49.6 Å². The van der Waals surface area contributed by atoms with Gasteiger partial charge in [-0.3, -0.25) is 14.4 Å². The van der Waals surface area contributed by atoms with Crippen molar-refractivity contribution in [3.63, 3.8) is 0 Å². The molecule has 12 atom stereocenters. The van der Waals surface area contributed by atoms with E-state index in [-0.39, 0.29) is 40.8 Å². The van der Waals surface area contributed by atoms with Gasteiger partial charge in [0, 0.05) is 18.4 Å².